The van der Waals surface area contributed by atoms with Crippen molar-refractivity contribution in [3.63, 3.8) is 0 Å². The van der Waals surface area contributed by atoms with Gasteiger partial charge in [-0.2, -0.15) is 0 Å². The molecule has 1 aromatic heterocycles. The van der Waals surface area contributed by atoms with E-state index in [2.05, 4.69) is 10.5 Å². The Kier molecular flexibility index (Phi) is 3.38. The topological polar surface area (TPSA) is 54.7 Å². The number of aromatic nitrogens is 1. The first-order chi connectivity index (χ1) is 7.68. The molecule has 1 aliphatic rings. The van der Waals surface area contributed by atoms with Gasteiger partial charge in [-0.1, -0.05) is 6.07 Å². The zero-order valence-electron chi connectivity index (χ0n) is 9.42. The van der Waals surface area contributed by atoms with Gasteiger partial charge >= 0.3 is 0 Å². The number of hydrogen-bond acceptors (Lipinski definition) is 4. The average molecular weight is 223 g/mol. The van der Waals surface area contributed by atoms with Crippen molar-refractivity contribution in [2.24, 2.45) is 0 Å². The van der Waals surface area contributed by atoms with Gasteiger partial charge in [0, 0.05) is 12.6 Å². The lowest BCUT2D eigenvalue weighted by Gasteiger charge is -2.27. The molecule has 1 radical (unpaired) electrons. The van der Waals surface area contributed by atoms with Crippen LogP contribution in [0.1, 0.15) is 20.3 Å². The lowest BCUT2D eigenvalue weighted by atomic mass is 10.00. The summed E-state index contributed by atoms with van der Waals surface area (Å²) >= 11 is 0. The van der Waals surface area contributed by atoms with Crippen LogP contribution in [0.25, 0.3) is 0 Å². The summed E-state index contributed by atoms with van der Waals surface area (Å²) in [5.74, 6) is 0.550. The quantitative estimate of drug-likeness (QED) is 0.576. The molecule has 16 heavy (non-hydrogen) atoms. The molecule has 0 spiro atoms. The molecule has 1 atom stereocenters. The fourth-order valence-corrected chi connectivity index (χ4v) is 1.43. The van der Waals surface area contributed by atoms with E-state index in [-0.39, 0.29) is 6.10 Å². The maximum absolute atomic E-state index is 5.46. The van der Waals surface area contributed by atoms with Gasteiger partial charge < -0.3 is 0 Å². The predicted octanol–water partition coefficient (Wildman–Crippen LogP) is 1.75. The van der Waals surface area contributed by atoms with Gasteiger partial charge in [0.1, 0.15) is 11.7 Å². The zero-order chi connectivity index (χ0) is 11.4. The summed E-state index contributed by atoms with van der Waals surface area (Å²) in [6.45, 7) is 4.43. The second-order valence-electron chi connectivity index (χ2n) is 4.17. The van der Waals surface area contributed by atoms with E-state index in [1.165, 1.54) is 0 Å². The number of nitrogens with zero attached hydrogens (tertiary/aromatic N) is 2. The Balaban J connectivity index is 1.89. The second kappa shape index (κ2) is 4.78. The van der Waals surface area contributed by atoms with E-state index in [9.17, 15) is 0 Å². The third-order valence-electron chi connectivity index (χ3n) is 2.45. The van der Waals surface area contributed by atoms with Gasteiger partial charge in [-0.15, -0.1) is 5.48 Å². The molecule has 1 fully saturated rings. The lowest BCUT2D eigenvalue weighted by Crippen LogP contribution is -2.40. The SMILES string of the molecule is CC(C)(O[N]c1ccccn1)C1CCOO1. The maximum Gasteiger partial charge on any atom is 0.179 e. The van der Waals surface area contributed by atoms with E-state index in [1.54, 1.807) is 12.3 Å². The third kappa shape index (κ3) is 2.69. The van der Waals surface area contributed by atoms with Gasteiger partial charge in [0.2, 0.25) is 0 Å². The first-order valence-corrected chi connectivity index (χ1v) is 5.27. The summed E-state index contributed by atoms with van der Waals surface area (Å²) in [7, 11) is 0. The molecule has 1 saturated heterocycles. The molecule has 1 unspecified atom stereocenters. The van der Waals surface area contributed by atoms with E-state index < -0.39 is 5.60 Å². The Morgan fingerprint density at radius 2 is 2.38 bits per heavy atom. The Morgan fingerprint density at radius 1 is 1.50 bits per heavy atom. The maximum atomic E-state index is 5.46. The number of pyridine rings is 1. The van der Waals surface area contributed by atoms with E-state index in [0.717, 1.165) is 6.42 Å². The molecular weight excluding hydrogens is 208 g/mol. The molecule has 0 N–H and O–H groups in total. The minimum absolute atomic E-state index is 0.0973. The summed E-state index contributed by atoms with van der Waals surface area (Å²) in [6, 6.07) is 5.47. The molecule has 0 amide bonds. The van der Waals surface area contributed by atoms with Crippen LogP contribution in [-0.4, -0.2) is 23.3 Å². The fraction of sp³-hybridized carbons (Fsp3) is 0.545. The summed E-state index contributed by atoms with van der Waals surface area (Å²) < 4.78 is 0. The molecular formula is C11H15N2O3. The minimum atomic E-state index is -0.520. The Morgan fingerprint density at radius 3 is 3.00 bits per heavy atom. The largest absolute Gasteiger partial charge is 0.241 e. The molecule has 0 aliphatic carbocycles. The summed E-state index contributed by atoms with van der Waals surface area (Å²) in [5, 5.41) is 0. The van der Waals surface area contributed by atoms with Crippen LogP contribution >= 0.6 is 0 Å². The van der Waals surface area contributed by atoms with Gasteiger partial charge in [0.15, 0.2) is 5.82 Å². The van der Waals surface area contributed by atoms with Gasteiger partial charge in [-0.3, -0.25) is 0 Å². The summed E-state index contributed by atoms with van der Waals surface area (Å²) in [4.78, 5) is 19.5. The van der Waals surface area contributed by atoms with Crippen molar-refractivity contribution >= 4 is 5.82 Å². The van der Waals surface area contributed by atoms with E-state index in [4.69, 9.17) is 14.6 Å². The number of rotatable bonds is 4. The van der Waals surface area contributed by atoms with Crippen molar-refractivity contribution in [1.82, 2.24) is 10.5 Å². The summed E-state index contributed by atoms with van der Waals surface area (Å²) in [6.07, 6.45) is 2.38. The van der Waals surface area contributed by atoms with E-state index in [1.807, 2.05) is 26.0 Å². The van der Waals surface area contributed by atoms with Gasteiger partial charge in [-0.05, 0) is 26.0 Å². The van der Waals surface area contributed by atoms with Crippen molar-refractivity contribution in [1.29, 1.82) is 0 Å². The third-order valence-corrected chi connectivity index (χ3v) is 2.45. The van der Waals surface area contributed by atoms with E-state index >= 15 is 0 Å². The highest BCUT2D eigenvalue weighted by molar-refractivity contribution is 5.22. The lowest BCUT2D eigenvalue weighted by molar-refractivity contribution is -0.307. The molecule has 2 rings (SSSR count). The van der Waals surface area contributed by atoms with E-state index in [0.29, 0.717) is 12.4 Å². The van der Waals surface area contributed by atoms with Crippen molar-refractivity contribution in [2.45, 2.75) is 32.0 Å². The van der Waals surface area contributed by atoms with Crippen LogP contribution in [0.4, 0.5) is 5.82 Å². The van der Waals surface area contributed by atoms with Crippen LogP contribution in [0.2, 0.25) is 0 Å². The van der Waals surface area contributed by atoms with Crippen LogP contribution in [0.5, 0.6) is 0 Å². The standard InChI is InChI=1S/C11H15N2O3/c1-11(2,9-6-8-14-15-9)16-13-10-5-3-4-7-12-10/h3-5,7,9H,6,8H2,1-2H3. The molecule has 5 nitrogen and oxygen atoms in total. The van der Waals surface area contributed by atoms with Crippen LogP contribution in [-0.2, 0) is 14.6 Å². The molecule has 2 heterocycles. The first kappa shape index (κ1) is 11.3. The van der Waals surface area contributed by atoms with Gasteiger partial charge in [-0.25, -0.2) is 19.6 Å². The smallest absolute Gasteiger partial charge is 0.179 e. The normalized spacial score (nSPS) is 21.0. The molecule has 0 bridgehead atoms. The minimum Gasteiger partial charge on any atom is -0.241 e. The van der Waals surface area contributed by atoms with Crippen LogP contribution < -0.4 is 5.48 Å². The molecule has 87 valence electrons. The van der Waals surface area contributed by atoms with Crippen molar-refractivity contribution < 1.29 is 14.6 Å². The molecule has 1 aromatic rings. The number of hydrogen-bond donors (Lipinski definition) is 0. The van der Waals surface area contributed by atoms with Crippen molar-refractivity contribution in [3.8, 4) is 0 Å². The molecule has 5 heteroatoms. The summed E-state index contributed by atoms with van der Waals surface area (Å²) in [5.41, 5.74) is 3.46. The molecule has 1 aliphatic heterocycles. The van der Waals surface area contributed by atoms with Crippen LogP contribution in [0.3, 0.4) is 0 Å². The van der Waals surface area contributed by atoms with Crippen molar-refractivity contribution in [3.05, 3.63) is 24.4 Å². The Bertz CT molecular complexity index is 323. The Hall–Kier alpha value is -1.17. The van der Waals surface area contributed by atoms with Crippen LogP contribution in [0.15, 0.2) is 24.4 Å². The first-order valence-electron chi connectivity index (χ1n) is 5.27. The fourth-order valence-electron chi connectivity index (χ4n) is 1.43. The van der Waals surface area contributed by atoms with Gasteiger partial charge in [0.25, 0.3) is 0 Å². The monoisotopic (exact) mass is 223 g/mol. The average Bonchev–Trinajstić information content (AvgIpc) is 2.82. The molecule has 0 saturated carbocycles. The predicted molar refractivity (Wildman–Crippen MR) is 56.6 cm³/mol. The van der Waals surface area contributed by atoms with Gasteiger partial charge in [0.05, 0.1) is 6.61 Å². The molecule has 0 aromatic carbocycles. The second-order valence-corrected chi connectivity index (χ2v) is 4.17. The highest BCUT2D eigenvalue weighted by Gasteiger charge is 2.37. The highest BCUT2D eigenvalue weighted by Crippen LogP contribution is 2.25. The highest BCUT2D eigenvalue weighted by atomic mass is 17.2. The Labute approximate surface area is 94.6 Å². The zero-order valence-corrected chi connectivity index (χ0v) is 9.42. The van der Waals surface area contributed by atoms with Crippen molar-refractivity contribution in [2.75, 3.05) is 6.61 Å². The van der Waals surface area contributed by atoms with Crippen LogP contribution in [0, 0.1) is 0 Å².